The SMILES string of the molecule is CN1CCN(Cc2sccc2Br)S1(=O)=O. The molecular formula is C8H11BrN2O2S2. The largest absolute Gasteiger partial charge is 0.282 e. The molecule has 7 heteroatoms. The molecule has 0 atom stereocenters. The Morgan fingerprint density at radius 2 is 2.27 bits per heavy atom. The lowest BCUT2D eigenvalue weighted by atomic mass is 10.4. The summed E-state index contributed by atoms with van der Waals surface area (Å²) in [5.41, 5.74) is 0. The highest BCUT2D eigenvalue weighted by Gasteiger charge is 2.33. The van der Waals surface area contributed by atoms with Crippen molar-refractivity contribution in [2.24, 2.45) is 0 Å². The van der Waals surface area contributed by atoms with Gasteiger partial charge in [-0.25, -0.2) is 0 Å². The van der Waals surface area contributed by atoms with Crippen LogP contribution in [0.3, 0.4) is 0 Å². The van der Waals surface area contributed by atoms with Gasteiger partial charge in [0.1, 0.15) is 0 Å². The molecule has 0 amide bonds. The third kappa shape index (κ3) is 2.12. The first-order valence-corrected chi connectivity index (χ1v) is 7.52. The maximum Gasteiger partial charge on any atom is 0.282 e. The fourth-order valence-electron chi connectivity index (χ4n) is 1.44. The molecule has 4 nitrogen and oxygen atoms in total. The summed E-state index contributed by atoms with van der Waals surface area (Å²) in [6.07, 6.45) is 0. The van der Waals surface area contributed by atoms with E-state index in [2.05, 4.69) is 15.9 Å². The summed E-state index contributed by atoms with van der Waals surface area (Å²) in [5.74, 6) is 0. The molecule has 0 radical (unpaired) electrons. The van der Waals surface area contributed by atoms with Crippen LogP contribution in [0.25, 0.3) is 0 Å². The first kappa shape index (κ1) is 11.5. The fourth-order valence-corrected chi connectivity index (χ4v) is 4.32. The summed E-state index contributed by atoms with van der Waals surface area (Å²) in [4.78, 5) is 1.05. The topological polar surface area (TPSA) is 40.6 Å². The molecule has 2 heterocycles. The normalized spacial score (nSPS) is 22.3. The molecule has 15 heavy (non-hydrogen) atoms. The highest BCUT2D eigenvalue weighted by atomic mass is 79.9. The van der Waals surface area contributed by atoms with Crippen LogP contribution in [0.2, 0.25) is 0 Å². The predicted octanol–water partition coefficient (Wildman–Crippen LogP) is 1.50. The summed E-state index contributed by atoms with van der Waals surface area (Å²) < 4.78 is 27.4. The number of nitrogens with zero attached hydrogens (tertiary/aromatic N) is 2. The Labute approximate surface area is 102 Å². The molecule has 1 aliphatic rings. The zero-order valence-corrected chi connectivity index (χ0v) is 11.4. The Balaban J connectivity index is 2.18. The van der Waals surface area contributed by atoms with Crippen LogP contribution in [0.5, 0.6) is 0 Å². The third-order valence-electron chi connectivity index (χ3n) is 2.40. The molecule has 0 N–H and O–H groups in total. The molecule has 0 spiro atoms. The van der Waals surface area contributed by atoms with Crippen LogP contribution in [-0.4, -0.2) is 37.2 Å². The van der Waals surface area contributed by atoms with Crippen molar-refractivity contribution < 1.29 is 8.42 Å². The quantitative estimate of drug-likeness (QED) is 0.830. The number of thiophene rings is 1. The second-order valence-electron chi connectivity index (χ2n) is 3.35. The van der Waals surface area contributed by atoms with Crippen LogP contribution in [0.1, 0.15) is 4.88 Å². The van der Waals surface area contributed by atoms with Gasteiger partial charge in [-0.05, 0) is 27.4 Å². The summed E-state index contributed by atoms with van der Waals surface area (Å²) in [5, 5.41) is 1.95. The molecule has 1 saturated heterocycles. The van der Waals surface area contributed by atoms with E-state index in [1.807, 2.05) is 11.4 Å². The van der Waals surface area contributed by atoms with Gasteiger partial charge < -0.3 is 0 Å². The van der Waals surface area contributed by atoms with Crippen LogP contribution < -0.4 is 0 Å². The van der Waals surface area contributed by atoms with Crippen molar-refractivity contribution >= 4 is 37.5 Å². The van der Waals surface area contributed by atoms with Crippen LogP contribution in [0, 0.1) is 0 Å². The Morgan fingerprint density at radius 1 is 1.53 bits per heavy atom. The summed E-state index contributed by atoms with van der Waals surface area (Å²) in [6.45, 7) is 1.61. The second kappa shape index (κ2) is 4.14. The molecule has 0 unspecified atom stereocenters. The van der Waals surface area contributed by atoms with Crippen LogP contribution in [0.4, 0.5) is 0 Å². The molecule has 1 fully saturated rings. The van der Waals surface area contributed by atoms with E-state index in [1.54, 1.807) is 18.4 Å². The van der Waals surface area contributed by atoms with Gasteiger partial charge in [0.15, 0.2) is 0 Å². The van der Waals surface area contributed by atoms with Crippen LogP contribution >= 0.6 is 27.3 Å². The fraction of sp³-hybridized carbons (Fsp3) is 0.500. The van der Waals surface area contributed by atoms with Gasteiger partial charge in [0.25, 0.3) is 10.2 Å². The van der Waals surface area contributed by atoms with Gasteiger partial charge in [0.05, 0.1) is 6.54 Å². The third-order valence-corrected chi connectivity index (χ3v) is 6.24. The van der Waals surface area contributed by atoms with Gasteiger partial charge in [-0.2, -0.15) is 17.0 Å². The molecule has 1 aromatic rings. The minimum Gasteiger partial charge on any atom is -0.195 e. The van der Waals surface area contributed by atoms with E-state index in [1.165, 1.54) is 8.61 Å². The van der Waals surface area contributed by atoms with Gasteiger partial charge in [-0.3, -0.25) is 0 Å². The van der Waals surface area contributed by atoms with E-state index >= 15 is 0 Å². The van der Waals surface area contributed by atoms with Gasteiger partial charge >= 0.3 is 0 Å². The summed E-state index contributed by atoms with van der Waals surface area (Å²) >= 11 is 4.97. The van der Waals surface area contributed by atoms with E-state index < -0.39 is 10.2 Å². The summed E-state index contributed by atoms with van der Waals surface area (Å²) in [7, 11) is -1.60. The second-order valence-corrected chi connectivity index (χ2v) is 7.24. The standard InChI is InChI=1S/C8H11BrN2O2S2/c1-10-3-4-11(15(10,12)13)6-8-7(9)2-5-14-8/h2,5H,3-4,6H2,1H3. The molecule has 0 saturated carbocycles. The van der Waals surface area contributed by atoms with Crippen molar-refractivity contribution in [1.82, 2.24) is 8.61 Å². The maximum absolute atomic E-state index is 11.8. The lowest BCUT2D eigenvalue weighted by molar-refractivity contribution is 0.447. The Kier molecular flexibility index (Phi) is 3.18. The van der Waals surface area contributed by atoms with Crippen LogP contribution in [0.15, 0.2) is 15.9 Å². The lowest BCUT2D eigenvalue weighted by Gasteiger charge is -2.14. The number of rotatable bonds is 2. The predicted molar refractivity (Wildman–Crippen MR) is 64.0 cm³/mol. The molecule has 0 aromatic carbocycles. The molecular weight excluding hydrogens is 300 g/mol. The molecule has 1 aliphatic heterocycles. The first-order valence-electron chi connectivity index (χ1n) is 4.45. The summed E-state index contributed by atoms with van der Waals surface area (Å²) in [6, 6.07) is 1.94. The van der Waals surface area contributed by atoms with E-state index in [-0.39, 0.29) is 0 Å². The average molecular weight is 311 g/mol. The number of hydrogen-bond donors (Lipinski definition) is 0. The Morgan fingerprint density at radius 3 is 2.73 bits per heavy atom. The zero-order valence-electron chi connectivity index (χ0n) is 8.18. The molecule has 0 bridgehead atoms. The van der Waals surface area contributed by atoms with Crippen molar-refractivity contribution in [1.29, 1.82) is 0 Å². The van der Waals surface area contributed by atoms with Crippen molar-refractivity contribution in [2.75, 3.05) is 20.1 Å². The smallest absolute Gasteiger partial charge is 0.195 e. The highest BCUT2D eigenvalue weighted by Crippen LogP contribution is 2.26. The molecule has 1 aromatic heterocycles. The van der Waals surface area contributed by atoms with Gasteiger partial charge in [-0.15, -0.1) is 11.3 Å². The van der Waals surface area contributed by atoms with Gasteiger partial charge in [0, 0.05) is 29.5 Å². The molecule has 84 valence electrons. The Hall–Kier alpha value is 0.0500. The van der Waals surface area contributed by atoms with Crippen molar-refractivity contribution in [2.45, 2.75) is 6.54 Å². The number of halogens is 1. The molecule has 2 rings (SSSR count). The maximum atomic E-state index is 11.8. The minimum absolute atomic E-state index is 0.463. The van der Waals surface area contributed by atoms with E-state index in [0.717, 1.165) is 9.35 Å². The van der Waals surface area contributed by atoms with Gasteiger partial charge in [-0.1, -0.05) is 0 Å². The highest BCUT2D eigenvalue weighted by molar-refractivity contribution is 9.10. The van der Waals surface area contributed by atoms with Gasteiger partial charge in [0.2, 0.25) is 0 Å². The number of likely N-dealkylation sites (N-methyl/N-ethyl adjacent to an activating group) is 1. The first-order chi connectivity index (χ1) is 7.01. The monoisotopic (exact) mass is 310 g/mol. The van der Waals surface area contributed by atoms with E-state index in [4.69, 9.17) is 0 Å². The van der Waals surface area contributed by atoms with E-state index in [9.17, 15) is 8.42 Å². The van der Waals surface area contributed by atoms with Crippen LogP contribution in [-0.2, 0) is 16.8 Å². The average Bonchev–Trinajstić information content (AvgIpc) is 2.66. The van der Waals surface area contributed by atoms with E-state index in [0.29, 0.717) is 19.6 Å². The lowest BCUT2D eigenvalue weighted by Crippen LogP contribution is -2.30. The van der Waals surface area contributed by atoms with Crippen molar-refractivity contribution in [3.63, 3.8) is 0 Å². The number of hydrogen-bond acceptors (Lipinski definition) is 3. The van der Waals surface area contributed by atoms with Crippen molar-refractivity contribution in [3.05, 3.63) is 20.8 Å². The molecule has 0 aliphatic carbocycles. The zero-order chi connectivity index (χ0) is 11.1. The van der Waals surface area contributed by atoms with Crippen molar-refractivity contribution in [3.8, 4) is 0 Å². The Bertz CT molecular complexity index is 457. The minimum atomic E-state index is -3.21.